The maximum Gasteiger partial charge on any atom is 0.336 e. The zero-order valence-electron chi connectivity index (χ0n) is 32.3. The molecule has 4 aliphatic rings. The van der Waals surface area contributed by atoms with E-state index in [9.17, 15) is 9.59 Å². The Balaban J connectivity index is 0.794. The lowest BCUT2D eigenvalue weighted by molar-refractivity contribution is -0.131. The third-order valence-corrected chi connectivity index (χ3v) is 12.6. The number of aromatic nitrogens is 6. The van der Waals surface area contributed by atoms with Crippen LogP contribution in [-0.2, 0) is 9.59 Å². The second kappa shape index (κ2) is 15.0. The van der Waals surface area contributed by atoms with Gasteiger partial charge >= 0.3 is 11.9 Å². The van der Waals surface area contributed by atoms with E-state index in [4.69, 9.17) is 18.9 Å². The molecule has 4 saturated heterocycles. The monoisotopic (exact) mass is 780 g/mol. The highest BCUT2D eigenvalue weighted by atomic mass is 16.5. The Morgan fingerprint density at radius 2 is 1.00 bits per heavy atom. The lowest BCUT2D eigenvalue weighted by Gasteiger charge is -2.35. The van der Waals surface area contributed by atoms with Gasteiger partial charge in [-0.25, -0.2) is 9.59 Å². The summed E-state index contributed by atoms with van der Waals surface area (Å²) in [5.74, 6) is 0.0616. The Labute approximate surface area is 334 Å². The number of nitrogens with one attached hydrogen (secondary N) is 2. The maximum absolute atomic E-state index is 13.1. The standard InChI is InChI=1S/C44H44N8O6/c1-51-25-9-10-26(51)20-29(19-25)55-39-15-13-33(47-49-39)31-5-3-7-35-43(31)37(23-45-35)57-41(53)17-18-42(54)58-38-24-46-36-8-4-6-32(44(36)38)34-14-16-40(50-48-34)56-30-21-27-11-12-28(22-30)52(27)2/h3-8,13-18,23-30,45-46H,9-12,19-22H2,1-2H3/b18-17+. The van der Waals surface area contributed by atoms with Gasteiger partial charge in [0.15, 0.2) is 11.5 Å². The fraction of sp³-hybridized carbons (Fsp3) is 0.364. The Morgan fingerprint density at radius 3 is 1.38 bits per heavy atom. The summed E-state index contributed by atoms with van der Waals surface area (Å²) in [6, 6.07) is 21.0. The predicted octanol–water partition coefficient (Wildman–Crippen LogP) is 6.64. The minimum Gasteiger partial charge on any atom is -0.473 e. The molecule has 0 amide bonds. The van der Waals surface area contributed by atoms with E-state index in [1.807, 2.05) is 60.7 Å². The summed E-state index contributed by atoms with van der Waals surface area (Å²) in [5.41, 5.74) is 4.16. The topological polar surface area (TPSA) is 161 Å². The number of H-pyrrole nitrogens is 2. The molecule has 14 nitrogen and oxygen atoms in total. The molecule has 4 bridgehead atoms. The van der Waals surface area contributed by atoms with E-state index >= 15 is 0 Å². The molecule has 14 heteroatoms. The number of carbonyl (C=O) groups excluding carboxylic acids is 2. The van der Waals surface area contributed by atoms with Crippen molar-refractivity contribution in [3.8, 4) is 45.8 Å². The van der Waals surface area contributed by atoms with E-state index in [0.717, 1.165) is 60.0 Å². The van der Waals surface area contributed by atoms with Crippen molar-refractivity contribution in [2.45, 2.75) is 87.7 Å². The molecular weight excluding hydrogens is 737 g/mol. The number of carbonyl (C=O) groups is 2. The number of fused-ring (bicyclic) bond motifs is 6. The van der Waals surface area contributed by atoms with E-state index in [2.05, 4.69) is 54.3 Å². The fourth-order valence-corrected chi connectivity index (χ4v) is 9.63. The van der Waals surface area contributed by atoms with Crippen molar-refractivity contribution in [1.82, 2.24) is 40.2 Å². The number of piperidine rings is 2. The minimum atomic E-state index is -0.750. The smallest absolute Gasteiger partial charge is 0.336 e. The van der Waals surface area contributed by atoms with Crippen LogP contribution in [-0.4, -0.2) is 103 Å². The molecule has 296 valence electrons. The highest BCUT2D eigenvalue weighted by Crippen LogP contribution is 2.39. The van der Waals surface area contributed by atoms with Gasteiger partial charge in [0, 0.05) is 83.0 Å². The zero-order chi connectivity index (χ0) is 39.3. The summed E-state index contributed by atoms with van der Waals surface area (Å²) in [4.78, 5) is 37.4. The van der Waals surface area contributed by atoms with E-state index in [-0.39, 0.29) is 23.7 Å². The summed E-state index contributed by atoms with van der Waals surface area (Å²) in [6.07, 6.45) is 14.4. The second-order valence-corrected chi connectivity index (χ2v) is 16.0. The summed E-state index contributed by atoms with van der Waals surface area (Å²) < 4.78 is 23.9. The number of esters is 2. The fourth-order valence-electron chi connectivity index (χ4n) is 9.63. The van der Waals surface area contributed by atoms with Crippen LogP contribution in [0.25, 0.3) is 44.3 Å². The second-order valence-electron chi connectivity index (χ2n) is 16.0. The van der Waals surface area contributed by atoms with Crippen LogP contribution in [0.1, 0.15) is 51.4 Å². The summed E-state index contributed by atoms with van der Waals surface area (Å²) >= 11 is 0. The molecule has 4 aliphatic heterocycles. The maximum atomic E-state index is 13.1. The molecule has 10 rings (SSSR count). The largest absolute Gasteiger partial charge is 0.473 e. The van der Waals surface area contributed by atoms with Crippen LogP contribution in [0.2, 0.25) is 0 Å². The number of ether oxygens (including phenoxy) is 4. The van der Waals surface area contributed by atoms with Crippen LogP contribution in [0, 0.1) is 0 Å². The summed E-state index contributed by atoms with van der Waals surface area (Å²) in [5, 5.41) is 19.0. The molecule has 0 aliphatic carbocycles. The van der Waals surface area contributed by atoms with Crippen molar-refractivity contribution >= 4 is 33.7 Å². The molecule has 0 saturated carbocycles. The van der Waals surface area contributed by atoms with Gasteiger partial charge in [0.25, 0.3) is 0 Å². The van der Waals surface area contributed by atoms with Gasteiger partial charge in [-0.2, -0.15) is 0 Å². The van der Waals surface area contributed by atoms with Gasteiger partial charge in [0.2, 0.25) is 11.8 Å². The third kappa shape index (κ3) is 6.96. The normalized spacial score (nSPS) is 24.4. The number of aromatic amines is 2. The third-order valence-electron chi connectivity index (χ3n) is 12.6. The number of rotatable bonds is 10. The van der Waals surface area contributed by atoms with Crippen LogP contribution in [0.15, 0.2) is 85.2 Å². The van der Waals surface area contributed by atoms with Gasteiger partial charge in [0.05, 0.1) is 22.2 Å². The highest BCUT2D eigenvalue weighted by molar-refractivity contribution is 6.03. The van der Waals surface area contributed by atoms with Crippen LogP contribution in [0.4, 0.5) is 0 Å². The number of nitrogens with zero attached hydrogens (tertiary/aromatic N) is 6. The zero-order valence-corrected chi connectivity index (χ0v) is 32.3. The van der Waals surface area contributed by atoms with E-state index in [1.54, 1.807) is 12.4 Å². The first-order valence-electron chi connectivity index (χ1n) is 20.1. The predicted molar refractivity (Wildman–Crippen MR) is 216 cm³/mol. The first kappa shape index (κ1) is 36.2. The lowest BCUT2D eigenvalue weighted by Crippen LogP contribution is -2.43. The molecule has 4 unspecified atom stereocenters. The quantitative estimate of drug-likeness (QED) is 0.113. The molecule has 6 aromatic rings. The van der Waals surface area contributed by atoms with Crippen LogP contribution >= 0.6 is 0 Å². The van der Waals surface area contributed by atoms with Crippen molar-refractivity contribution in [1.29, 1.82) is 0 Å². The molecule has 0 radical (unpaired) electrons. The molecule has 8 heterocycles. The lowest BCUT2D eigenvalue weighted by atomic mass is 10.0. The molecule has 4 fully saturated rings. The van der Waals surface area contributed by atoms with Gasteiger partial charge in [-0.3, -0.25) is 0 Å². The molecule has 58 heavy (non-hydrogen) atoms. The highest BCUT2D eigenvalue weighted by Gasteiger charge is 2.40. The molecule has 2 N–H and O–H groups in total. The van der Waals surface area contributed by atoms with Gasteiger partial charge in [-0.1, -0.05) is 24.3 Å². The molecule has 4 aromatic heterocycles. The van der Waals surface area contributed by atoms with Crippen molar-refractivity contribution in [2.75, 3.05) is 14.1 Å². The Kier molecular flexibility index (Phi) is 9.37. The number of hydrogen-bond donors (Lipinski definition) is 2. The van der Waals surface area contributed by atoms with Gasteiger partial charge < -0.3 is 38.7 Å². The first-order chi connectivity index (χ1) is 28.3. The van der Waals surface area contributed by atoms with Crippen LogP contribution in [0.3, 0.4) is 0 Å². The minimum absolute atomic E-state index is 0.126. The molecule has 0 spiro atoms. The molecule has 2 aromatic carbocycles. The molecular formula is C44H44N8O6. The van der Waals surface area contributed by atoms with Crippen LogP contribution < -0.4 is 18.9 Å². The average Bonchev–Trinajstić information content (AvgIpc) is 3.93. The van der Waals surface area contributed by atoms with Gasteiger partial charge in [-0.05, 0) is 89.7 Å². The van der Waals surface area contributed by atoms with Crippen molar-refractivity contribution in [3.63, 3.8) is 0 Å². The van der Waals surface area contributed by atoms with Gasteiger partial charge in [0.1, 0.15) is 12.2 Å². The SMILES string of the molecule is CN1C2CCC1CC(Oc1ccc(-c3cccc4[nH]cc(OC(=O)/C=C/C(=O)Oc5c[nH]c6cccc(-c7ccc(OC8CC9CCC(C8)N9C)nn7)c56)c34)nn1)C2. The number of hydrogen-bond acceptors (Lipinski definition) is 12. The van der Waals surface area contributed by atoms with Gasteiger partial charge in [-0.15, -0.1) is 20.4 Å². The first-order valence-corrected chi connectivity index (χ1v) is 20.1. The van der Waals surface area contributed by atoms with Crippen molar-refractivity contribution in [2.24, 2.45) is 0 Å². The Bertz CT molecular complexity index is 2310. The average molecular weight is 781 g/mol. The van der Waals surface area contributed by atoms with E-state index in [0.29, 0.717) is 58.1 Å². The Morgan fingerprint density at radius 1 is 0.586 bits per heavy atom. The van der Waals surface area contributed by atoms with Crippen molar-refractivity contribution in [3.05, 3.63) is 85.2 Å². The molecule has 4 atom stereocenters. The van der Waals surface area contributed by atoms with E-state index in [1.165, 1.54) is 25.7 Å². The van der Waals surface area contributed by atoms with Crippen LogP contribution in [0.5, 0.6) is 23.3 Å². The van der Waals surface area contributed by atoms with E-state index < -0.39 is 11.9 Å². The van der Waals surface area contributed by atoms with Crippen molar-refractivity contribution < 1.29 is 28.5 Å². The number of benzene rings is 2. The summed E-state index contributed by atoms with van der Waals surface area (Å²) in [7, 11) is 4.41. The Hall–Kier alpha value is -6.12. The summed E-state index contributed by atoms with van der Waals surface area (Å²) in [6.45, 7) is 0.